The molecule has 3 amide bonds. The lowest BCUT2D eigenvalue weighted by Crippen LogP contribution is -2.41. The van der Waals surface area contributed by atoms with Crippen molar-refractivity contribution in [2.75, 3.05) is 11.9 Å². The lowest BCUT2D eigenvalue weighted by Gasteiger charge is -2.36. The molecule has 26 heavy (non-hydrogen) atoms. The molecule has 2 aromatic rings. The summed E-state index contributed by atoms with van der Waals surface area (Å²) in [7, 11) is 0. The summed E-state index contributed by atoms with van der Waals surface area (Å²) in [6, 6.07) is 8.61. The van der Waals surface area contributed by atoms with Crippen LogP contribution in [0.15, 0.2) is 30.3 Å². The molecule has 0 aliphatic carbocycles. The van der Waals surface area contributed by atoms with Gasteiger partial charge in [0.25, 0.3) is 5.91 Å². The second kappa shape index (κ2) is 6.49. The summed E-state index contributed by atoms with van der Waals surface area (Å²) in [6.07, 6.45) is 0.677. The number of hydrogen-bond acceptors (Lipinski definition) is 2. The highest BCUT2D eigenvalue weighted by Gasteiger charge is 2.30. The molecule has 2 aliphatic rings. The molecule has 2 heterocycles. The van der Waals surface area contributed by atoms with E-state index in [0.717, 1.165) is 16.7 Å². The van der Waals surface area contributed by atoms with E-state index in [4.69, 9.17) is 23.2 Å². The van der Waals surface area contributed by atoms with Gasteiger partial charge in [-0.1, -0.05) is 29.3 Å². The van der Waals surface area contributed by atoms with Crippen LogP contribution < -0.4 is 10.6 Å². The third kappa shape index (κ3) is 2.81. The van der Waals surface area contributed by atoms with Crippen molar-refractivity contribution in [1.82, 2.24) is 10.2 Å². The predicted octanol–water partition coefficient (Wildman–Crippen LogP) is 4.39. The summed E-state index contributed by atoms with van der Waals surface area (Å²) in [5.41, 5.74) is 4.11. The summed E-state index contributed by atoms with van der Waals surface area (Å²) < 4.78 is 0. The molecule has 0 saturated heterocycles. The van der Waals surface area contributed by atoms with Crippen LogP contribution in [-0.4, -0.2) is 23.4 Å². The van der Waals surface area contributed by atoms with Crippen molar-refractivity contribution in [3.63, 3.8) is 0 Å². The number of fused-ring (bicyclic) bond motifs is 2. The molecule has 1 unspecified atom stereocenters. The lowest BCUT2D eigenvalue weighted by molar-refractivity contribution is 0.0965. The number of rotatable bonds is 1. The normalized spacial score (nSPS) is 18.2. The minimum Gasteiger partial charge on any atom is -0.348 e. The maximum atomic E-state index is 12.9. The molecule has 134 valence electrons. The van der Waals surface area contributed by atoms with Gasteiger partial charge in [-0.2, -0.15) is 0 Å². The SMILES string of the molecule is CC1c2cc(Cl)cc(Cl)c2CCN1C(=O)Nc1cccc2c1CNC2=O. The number of carbonyl (C=O) groups excluding carboxylic acids is 2. The van der Waals surface area contributed by atoms with Crippen molar-refractivity contribution in [3.05, 3.63) is 62.6 Å². The Balaban J connectivity index is 1.59. The molecule has 0 saturated carbocycles. The molecule has 2 aliphatic heterocycles. The molecule has 0 aromatic heterocycles. The van der Waals surface area contributed by atoms with Crippen LogP contribution in [0.4, 0.5) is 10.5 Å². The van der Waals surface area contributed by atoms with E-state index >= 15 is 0 Å². The Hall–Kier alpha value is -2.24. The van der Waals surface area contributed by atoms with Gasteiger partial charge in [-0.05, 0) is 48.7 Å². The van der Waals surface area contributed by atoms with Gasteiger partial charge in [-0.15, -0.1) is 0 Å². The highest BCUT2D eigenvalue weighted by atomic mass is 35.5. The van der Waals surface area contributed by atoms with Gasteiger partial charge in [0.2, 0.25) is 0 Å². The van der Waals surface area contributed by atoms with Crippen LogP contribution in [0.2, 0.25) is 10.0 Å². The third-order valence-corrected chi connectivity index (χ3v) is 5.62. The minimum atomic E-state index is -0.202. The fourth-order valence-electron chi connectivity index (χ4n) is 3.69. The van der Waals surface area contributed by atoms with Crippen molar-refractivity contribution in [3.8, 4) is 0 Å². The van der Waals surface area contributed by atoms with Crippen LogP contribution in [-0.2, 0) is 13.0 Å². The standard InChI is InChI=1S/C19H17Cl2N3O2/c1-10-14-7-11(20)8-16(21)12(14)5-6-24(10)19(26)23-17-4-2-3-13-15(17)9-22-18(13)25/h2-4,7-8,10H,5-6,9H2,1H3,(H,22,25)(H,23,26). The van der Waals surface area contributed by atoms with Crippen LogP contribution in [0.3, 0.4) is 0 Å². The zero-order valence-corrected chi connectivity index (χ0v) is 15.6. The van der Waals surface area contributed by atoms with E-state index in [1.807, 2.05) is 19.1 Å². The number of urea groups is 1. The number of hydrogen-bond donors (Lipinski definition) is 2. The molecule has 0 radical (unpaired) electrons. The number of halogens is 2. The Morgan fingerprint density at radius 1 is 1.27 bits per heavy atom. The fraction of sp³-hybridized carbons (Fsp3) is 0.263. The molecular formula is C19H17Cl2N3O2. The smallest absolute Gasteiger partial charge is 0.322 e. The predicted molar refractivity (Wildman–Crippen MR) is 102 cm³/mol. The number of amides is 3. The summed E-state index contributed by atoms with van der Waals surface area (Å²) in [4.78, 5) is 26.4. The second-order valence-electron chi connectivity index (χ2n) is 6.52. The summed E-state index contributed by atoms with van der Waals surface area (Å²) in [5, 5.41) is 6.94. The van der Waals surface area contributed by atoms with Crippen LogP contribution in [0, 0.1) is 0 Å². The Bertz CT molecular complexity index is 929. The van der Waals surface area contributed by atoms with Gasteiger partial charge in [0, 0.05) is 39.9 Å². The molecule has 0 bridgehead atoms. The molecule has 2 aromatic carbocycles. The van der Waals surface area contributed by atoms with E-state index in [2.05, 4.69) is 10.6 Å². The van der Waals surface area contributed by atoms with Crippen LogP contribution in [0.25, 0.3) is 0 Å². The Kier molecular flexibility index (Phi) is 4.29. The average molecular weight is 390 g/mol. The largest absolute Gasteiger partial charge is 0.348 e. The molecule has 1 atom stereocenters. The third-order valence-electron chi connectivity index (χ3n) is 5.06. The topological polar surface area (TPSA) is 61.4 Å². The van der Waals surface area contributed by atoms with Crippen molar-refractivity contribution in [2.24, 2.45) is 0 Å². The number of anilines is 1. The van der Waals surface area contributed by atoms with Crippen LogP contribution >= 0.6 is 23.2 Å². The van der Waals surface area contributed by atoms with E-state index < -0.39 is 0 Å². The first kappa shape index (κ1) is 17.2. The number of carbonyl (C=O) groups is 2. The van der Waals surface area contributed by atoms with Gasteiger partial charge >= 0.3 is 6.03 Å². The zero-order chi connectivity index (χ0) is 18.4. The highest BCUT2D eigenvalue weighted by Crippen LogP contribution is 2.36. The molecule has 0 spiro atoms. The van der Waals surface area contributed by atoms with Crippen LogP contribution in [0.1, 0.15) is 40.0 Å². The van der Waals surface area contributed by atoms with Gasteiger partial charge < -0.3 is 15.5 Å². The summed E-state index contributed by atoms with van der Waals surface area (Å²) >= 11 is 12.4. The second-order valence-corrected chi connectivity index (χ2v) is 7.36. The Labute approximate surface area is 161 Å². The zero-order valence-electron chi connectivity index (χ0n) is 14.1. The lowest BCUT2D eigenvalue weighted by atomic mass is 9.93. The quantitative estimate of drug-likeness (QED) is 0.759. The average Bonchev–Trinajstić information content (AvgIpc) is 2.98. The molecular weight excluding hydrogens is 373 g/mol. The number of nitrogens with zero attached hydrogens (tertiary/aromatic N) is 1. The summed E-state index contributed by atoms with van der Waals surface area (Å²) in [6.45, 7) is 2.95. The van der Waals surface area contributed by atoms with E-state index in [0.29, 0.717) is 40.8 Å². The molecule has 7 heteroatoms. The Morgan fingerprint density at radius 2 is 2.08 bits per heavy atom. The van der Waals surface area contributed by atoms with Crippen molar-refractivity contribution in [2.45, 2.75) is 25.9 Å². The first-order valence-corrected chi connectivity index (χ1v) is 9.17. The first-order valence-electron chi connectivity index (χ1n) is 8.41. The molecule has 2 N–H and O–H groups in total. The van der Waals surface area contributed by atoms with Crippen molar-refractivity contribution in [1.29, 1.82) is 0 Å². The van der Waals surface area contributed by atoms with Crippen LogP contribution in [0.5, 0.6) is 0 Å². The van der Waals surface area contributed by atoms with E-state index in [1.54, 1.807) is 23.1 Å². The van der Waals surface area contributed by atoms with Gasteiger partial charge in [-0.25, -0.2) is 4.79 Å². The van der Waals surface area contributed by atoms with Gasteiger partial charge in [-0.3, -0.25) is 4.79 Å². The van der Waals surface area contributed by atoms with Gasteiger partial charge in [0.05, 0.1) is 6.04 Å². The highest BCUT2D eigenvalue weighted by molar-refractivity contribution is 6.35. The fourth-order valence-corrected chi connectivity index (χ4v) is 4.29. The number of nitrogens with one attached hydrogen (secondary N) is 2. The first-order chi connectivity index (χ1) is 12.5. The van der Waals surface area contributed by atoms with Crippen molar-refractivity contribution >= 4 is 40.8 Å². The monoisotopic (exact) mass is 389 g/mol. The maximum Gasteiger partial charge on any atom is 0.322 e. The molecule has 4 rings (SSSR count). The van der Waals surface area contributed by atoms with E-state index in [9.17, 15) is 9.59 Å². The minimum absolute atomic E-state index is 0.111. The molecule has 5 nitrogen and oxygen atoms in total. The number of benzene rings is 2. The van der Waals surface area contributed by atoms with E-state index in [-0.39, 0.29) is 18.0 Å². The maximum absolute atomic E-state index is 12.9. The van der Waals surface area contributed by atoms with Gasteiger partial charge in [0.15, 0.2) is 0 Å². The van der Waals surface area contributed by atoms with E-state index in [1.165, 1.54) is 0 Å². The van der Waals surface area contributed by atoms with Crippen molar-refractivity contribution < 1.29 is 9.59 Å². The Morgan fingerprint density at radius 3 is 2.88 bits per heavy atom. The summed E-state index contributed by atoms with van der Waals surface area (Å²) in [5.74, 6) is -0.111. The molecule has 0 fully saturated rings. The van der Waals surface area contributed by atoms with Gasteiger partial charge in [0.1, 0.15) is 0 Å².